The molecule has 1 aromatic carbocycles. The number of halogens is 3. The van der Waals surface area contributed by atoms with Crippen molar-refractivity contribution in [2.24, 2.45) is 0 Å². The fourth-order valence-electron chi connectivity index (χ4n) is 4.35. The number of ether oxygens (including phenoxy) is 1. The van der Waals surface area contributed by atoms with E-state index in [4.69, 9.17) is 4.74 Å². The number of amides is 1. The number of carbonyl (C=O) groups excluding carboxylic acids is 1. The second-order valence-corrected chi connectivity index (χ2v) is 9.11. The van der Waals surface area contributed by atoms with Crippen LogP contribution in [-0.2, 0) is 10.9 Å². The Morgan fingerprint density at radius 3 is 2.24 bits per heavy atom. The van der Waals surface area contributed by atoms with E-state index < -0.39 is 11.7 Å². The first-order valence-corrected chi connectivity index (χ1v) is 12.1. The van der Waals surface area contributed by atoms with Gasteiger partial charge in [0.05, 0.1) is 11.7 Å². The van der Waals surface area contributed by atoms with E-state index in [9.17, 15) is 18.0 Å². The number of rotatable bonds is 13. The Morgan fingerprint density at radius 1 is 1.03 bits per heavy atom. The number of hydrogen-bond acceptors (Lipinski definition) is 3. The third-order valence-corrected chi connectivity index (χ3v) is 6.45. The molecule has 1 aliphatic carbocycles. The van der Waals surface area contributed by atoms with Gasteiger partial charge >= 0.3 is 6.18 Å². The lowest BCUT2D eigenvalue weighted by Gasteiger charge is -2.34. The van der Waals surface area contributed by atoms with Crippen molar-refractivity contribution in [1.82, 2.24) is 9.80 Å². The molecule has 4 nitrogen and oxygen atoms in total. The monoisotopic (exact) mass is 468 g/mol. The zero-order valence-corrected chi connectivity index (χ0v) is 20.1. The smallest absolute Gasteiger partial charge is 0.378 e. The molecule has 0 radical (unpaired) electrons. The van der Waals surface area contributed by atoms with Crippen LogP contribution in [0, 0.1) is 0 Å². The minimum Gasteiger partial charge on any atom is -0.378 e. The maximum absolute atomic E-state index is 12.7. The van der Waals surface area contributed by atoms with Gasteiger partial charge in [0.1, 0.15) is 0 Å². The first-order valence-electron chi connectivity index (χ1n) is 12.1. The van der Waals surface area contributed by atoms with Crippen molar-refractivity contribution in [2.75, 3.05) is 33.8 Å². The van der Waals surface area contributed by atoms with Gasteiger partial charge in [-0.2, -0.15) is 13.2 Å². The highest BCUT2D eigenvalue weighted by Gasteiger charge is 2.31. The summed E-state index contributed by atoms with van der Waals surface area (Å²) >= 11 is 0. The van der Waals surface area contributed by atoms with Gasteiger partial charge in [0.2, 0.25) is 0 Å². The van der Waals surface area contributed by atoms with Gasteiger partial charge < -0.3 is 14.5 Å². The van der Waals surface area contributed by atoms with E-state index in [1.807, 2.05) is 6.08 Å². The average Bonchev–Trinajstić information content (AvgIpc) is 2.80. The van der Waals surface area contributed by atoms with E-state index >= 15 is 0 Å². The molecule has 1 aliphatic rings. The van der Waals surface area contributed by atoms with Crippen LogP contribution in [0.15, 0.2) is 36.9 Å². The lowest BCUT2D eigenvalue weighted by molar-refractivity contribution is -0.137. The summed E-state index contributed by atoms with van der Waals surface area (Å²) in [5, 5.41) is 0. The number of benzene rings is 1. The molecule has 2 rings (SSSR count). The molecular weight excluding hydrogens is 429 g/mol. The van der Waals surface area contributed by atoms with Crippen LogP contribution in [0.3, 0.4) is 0 Å². The van der Waals surface area contributed by atoms with E-state index in [0.29, 0.717) is 0 Å². The van der Waals surface area contributed by atoms with Gasteiger partial charge in [-0.25, -0.2) is 0 Å². The zero-order chi connectivity index (χ0) is 24.3. The van der Waals surface area contributed by atoms with Crippen molar-refractivity contribution in [3.63, 3.8) is 0 Å². The van der Waals surface area contributed by atoms with Crippen LogP contribution in [0.1, 0.15) is 73.7 Å². The number of likely N-dealkylation sites (N-methyl/N-ethyl adjacent to an activating group) is 1. The van der Waals surface area contributed by atoms with Gasteiger partial charge in [-0.15, -0.1) is 6.58 Å². The molecule has 1 saturated carbocycles. The predicted molar refractivity (Wildman–Crippen MR) is 126 cm³/mol. The maximum atomic E-state index is 12.7. The molecule has 0 N–H and O–H groups in total. The molecule has 0 unspecified atom stereocenters. The summed E-state index contributed by atoms with van der Waals surface area (Å²) in [4.78, 5) is 16.6. The number of nitrogens with zero attached hydrogens (tertiary/aromatic N) is 2. The molecule has 0 aromatic heterocycles. The van der Waals surface area contributed by atoms with Crippen LogP contribution in [0.2, 0.25) is 0 Å². The minimum absolute atomic E-state index is 0.0962. The summed E-state index contributed by atoms with van der Waals surface area (Å²) in [5.74, 6) is -0.233. The highest BCUT2D eigenvalue weighted by molar-refractivity contribution is 5.94. The quantitative estimate of drug-likeness (QED) is 0.256. The molecule has 33 heavy (non-hydrogen) atoms. The molecule has 1 fully saturated rings. The van der Waals surface area contributed by atoms with E-state index in [-0.39, 0.29) is 23.6 Å². The molecule has 1 amide bonds. The van der Waals surface area contributed by atoms with Crippen molar-refractivity contribution in [3.05, 3.63) is 48.0 Å². The molecule has 1 aromatic rings. The van der Waals surface area contributed by atoms with Crippen LogP contribution in [-0.4, -0.2) is 61.6 Å². The Hall–Kier alpha value is -1.86. The van der Waals surface area contributed by atoms with E-state index in [0.717, 1.165) is 63.9 Å². The molecule has 0 heterocycles. The summed E-state index contributed by atoms with van der Waals surface area (Å²) in [5.41, 5.74) is -0.452. The van der Waals surface area contributed by atoms with Crippen molar-refractivity contribution in [1.29, 1.82) is 0 Å². The van der Waals surface area contributed by atoms with Crippen molar-refractivity contribution >= 4 is 5.91 Å². The number of alkyl halides is 3. The second-order valence-electron chi connectivity index (χ2n) is 9.11. The molecule has 7 heteroatoms. The molecule has 0 saturated heterocycles. The molecular formula is C26H39F3N2O2. The summed E-state index contributed by atoms with van der Waals surface area (Å²) in [6, 6.07) is 4.55. The van der Waals surface area contributed by atoms with Crippen molar-refractivity contribution in [2.45, 2.75) is 76.1 Å². The van der Waals surface area contributed by atoms with Crippen LogP contribution < -0.4 is 0 Å². The van der Waals surface area contributed by atoms with Gasteiger partial charge in [0, 0.05) is 31.8 Å². The lowest BCUT2D eigenvalue weighted by Crippen LogP contribution is -2.40. The summed E-state index contributed by atoms with van der Waals surface area (Å²) in [7, 11) is 3.85. The SMILES string of the molecule is C=CCN(C)CCCCCCCO[C@H]1CC[C@H](N(C)C(=O)c2ccc(C(F)(F)F)cc2)CC1. The molecule has 186 valence electrons. The van der Waals surface area contributed by atoms with Crippen molar-refractivity contribution in [3.8, 4) is 0 Å². The summed E-state index contributed by atoms with van der Waals surface area (Å²) in [6.45, 7) is 6.59. The maximum Gasteiger partial charge on any atom is 0.416 e. The number of unbranched alkanes of at least 4 members (excludes halogenated alkanes) is 4. The Balaban J connectivity index is 1.60. The fraction of sp³-hybridized carbons (Fsp3) is 0.654. The molecule has 0 atom stereocenters. The van der Waals surface area contributed by atoms with Gasteiger partial charge in [-0.1, -0.05) is 25.3 Å². The van der Waals surface area contributed by atoms with Crippen LogP contribution in [0.5, 0.6) is 0 Å². The van der Waals surface area contributed by atoms with Crippen molar-refractivity contribution < 1.29 is 22.7 Å². The predicted octanol–water partition coefficient (Wildman–Crippen LogP) is 6.17. The highest BCUT2D eigenvalue weighted by atomic mass is 19.4. The first-order chi connectivity index (χ1) is 15.7. The number of carbonyl (C=O) groups is 1. The normalized spacial score (nSPS) is 19.0. The number of hydrogen-bond donors (Lipinski definition) is 0. The molecule has 0 bridgehead atoms. The standard InChI is InChI=1S/C26H39F3N2O2/c1-4-18-30(2)19-8-6-5-7-9-20-33-24-16-14-23(15-17-24)31(3)25(32)21-10-12-22(13-11-21)26(27,28)29/h4,10-13,23-24H,1,5-9,14-20H2,2-3H3/t23-,24-. The van der Waals surface area contributed by atoms with Crippen LogP contribution >= 0.6 is 0 Å². The van der Waals surface area contributed by atoms with E-state index in [1.165, 1.54) is 37.8 Å². The van der Waals surface area contributed by atoms with Gasteiger partial charge in [0.25, 0.3) is 5.91 Å². The van der Waals surface area contributed by atoms with Gasteiger partial charge in [-0.3, -0.25) is 4.79 Å². The average molecular weight is 469 g/mol. The minimum atomic E-state index is -4.39. The Labute approximate surface area is 196 Å². The lowest BCUT2D eigenvalue weighted by atomic mass is 9.91. The second kappa shape index (κ2) is 13.8. The fourth-order valence-corrected chi connectivity index (χ4v) is 4.35. The Bertz CT molecular complexity index is 713. The summed E-state index contributed by atoms with van der Waals surface area (Å²) in [6.07, 6.45) is 7.25. The summed E-state index contributed by atoms with van der Waals surface area (Å²) < 4.78 is 44.2. The third-order valence-electron chi connectivity index (χ3n) is 6.45. The van der Waals surface area contributed by atoms with Gasteiger partial charge in [-0.05, 0) is 76.4 Å². The van der Waals surface area contributed by atoms with Crippen LogP contribution in [0.4, 0.5) is 13.2 Å². The molecule has 0 spiro atoms. The largest absolute Gasteiger partial charge is 0.416 e. The molecule has 0 aliphatic heterocycles. The van der Waals surface area contributed by atoms with E-state index in [1.54, 1.807) is 11.9 Å². The third kappa shape index (κ3) is 9.49. The first kappa shape index (κ1) is 27.4. The van der Waals surface area contributed by atoms with Crippen LogP contribution in [0.25, 0.3) is 0 Å². The highest BCUT2D eigenvalue weighted by Crippen LogP contribution is 2.30. The topological polar surface area (TPSA) is 32.8 Å². The van der Waals surface area contributed by atoms with E-state index in [2.05, 4.69) is 18.5 Å². The Kier molecular flexibility index (Phi) is 11.4. The van der Waals surface area contributed by atoms with Gasteiger partial charge in [0.15, 0.2) is 0 Å². The Morgan fingerprint density at radius 2 is 1.64 bits per heavy atom. The zero-order valence-electron chi connectivity index (χ0n) is 20.1.